The lowest BCUT2D eigenvalue weighted by atomic mass is 9.97. The maximum Gasteiger partial charge on any atom is 0.339 e. The highest BCUT2D eigenvalue weighted by Gasteiger charge is 2.53. The number of rotatable bonds is 23. The minimum atomic E-state index is -1.72. The van der Waals surface area contributed by atoms with E-state index in [2.05, 4.69) is 10.0 Å². The highest BCUT2D eigenvalue weighted by Crippen LogP contribution is 2.34. The number of aliphatic hydroxyl groups excluding tert-OH is 1. The first-order valence-electron chi connectivity index (χ1n) is 22.4. The van der Waals surface area contributed by atoms with Gasteiger partial charge in [-0.05, 0) is 72.8 Å². The molecule has 0 saturated carbocycles. The van der Waals surface area contributed by atoms with Gasteiger partial charge in [0.2, 0.25) is 12.4 Å². The standard InChI is InChI=1S/C50H57N3O15/c1-5-14-40(55)66-44-42(57)39(65-50(64-37-24-22-36(59-4)23-25-37)46(44)68-48(58)38-20-13-12-19-35(38)27-52-53-51)30-62-49-47(67-41(56)26-21-31(2)54)45(61-29-34-17-10-7-11-18-34)43(32(3)63-49)60-28-33-15-8-6-9-16-33/h6-13,15-20,22-25,32,39,42-47,49-50,57H,5,14,21,26-30H2,1-4H3/t32-,39-,42-,43+,44+,45+,46-,47-,49-,50-/m1/s1. The van der Waals surface area contributed by atoms with Crippen LogP contribution in [0.25, 0.3) is 10.4 Å². The lowest BCUT2D eigenvalue weighted by molar-refractivity contribution is -0.329. The van der Waals surface area contributed by atoms with E-state index in [0.29, 0.717) is 17.7 Å². The molecule has 0 unspecified atom stereocenters. The van der Waals surface area contributed by atoms with E-state index < -0.39 is 85.9 Å². The Bertz CT molecular complexity index is 2300. The van der Waals surface area contributed by atoms with Crippen molar-refractivity contribution in [1.29, 1.82) is 0 Å². The van der Waals surface area contributed by atoms with Crippen LogP contribution in [0.1, 0.15) is 73.5 Å². The van der Waals surface area contributed by atoms with Crippen LogP contribution in [0.15, 0.2) is 114 Å². The summed E-state index contributed by atoms with van der Waals surface area (Å²) in [6.45, 7) is 4.51. The summed E-state index contributed by atoms with van der Waals surface area (Å²) in [6.07, 6.45) is -12.9. The quantitative estimate of drug-likeness (QED) is 0.0257. The number of azide groups is 1. The van der Waals surface area contributed by atoms with Crippen LogP contribution >= 0.6 is 0 Å². The first-order valence-corrected chi connectivity index (χ1v) is 22.4. The fraction of sp³-hybridized carbons (Fsp3) is 0.440. The van der Waals surface area contributed by atoms with Gasteiger partial charge in [-0.3, -0.25) is 9.59 Å². The van der Waals surface area contributed by atoms with Gasteiger partial charge in [0, 0.05) is 17.8 Å². The summed E-state index contributed by atoms with van der Waals surface area (Å²) in [4.78, 5) is 55.5. The number of ketones is 1. The van der Waals surface area contributed by atoms with Gasteiger partial charge >= 0.3 is 17.9 Å². The number of ether oxygens (including phenoxy) is 10. The molecule has 2 aliphatic rings. The number of hydrogen-bond donors (Lipinski definition) is 1. The molecular weight excluding hydrogens is 883 g/mol. The summed E-state index contributed by atoms with van der Waals surface area (Å²) in [5, 5.41) is 15.7. The Morgan fingerprint density at radius 2 is 1.26 bits per heavy atom. The molecule has 2 aliphatic heterocycles. The maximum atomic E-state index is 14.0. The molecule has 18 nitrogen and oxygen atoms in total. The Balaban J connectivity index is 1.32. The molecule has 0 aromatic heterocycles. The molecule has 2 saturated heterocycles. The fourth-order valence-electron chi connectivity index (χ4n) is 7.60. The molecule has 18 heteroatoms. The average molecular weight is 940 g/mol. The fourth-order valence-corrected chi connectivity index (χ4v) is 7.60. The molecule has 0 bridgehead atoms. The van der Waals surface area contributed by atoms with E-state index in [1.807, 2.05) is 60.7 Å². The molecule has 10 atom stereocenters. The second-order valence-electron chi connectivity index (χ2n) is 16.2. The highest BCUT2D eigenvalue weighted by molar-refractivity contribution is 5.91. The van der Waals surface area contributed by atoms with Crippen molar-refractivity contribution < 1.29 is 71.7 Å². The first kappa shape index (κ1) is 51.0. The van der Waals surface area contributed by atoms with Crippen LogP contribution in [0.3, 0.4) is 0 Å². The van der Waals surface area contributed by atoms with Crippen molar-refractivity contribution in [3.8, 4) is 11.5 Å². The third-order valence-electron chi connectivity index (χ3n) is 11.1. The van der Waals surface area contributed by atoms with Gasteiger partial charge in [0.15, 0.2) is 18.5 Å². The zero-order chi connectivity index (χ0) is 48.4. The molecule has 4 aromatic carbocycles. The summed E-state index contributed by atoms with van der Waals surface area (Å²) in [7, 11) is 1.50. The Kier molecular flexibility index (Phi) is 19.3. The number of methoxy groups -OCH3 is 1. The van der Waals surface area contributed by atoms with Gasteiger partial charge in [-0.25, -0.2) is 4.79 Å². The van der Waals surface area contributed by atoms with Crippen molar-refractivity contribution in [1.82, 2.24) is 0 Å². The predicted octanol–water partition coefficient (Wildman–Crippen LogP) is 7.12. The van der Waals surface area contributed by atoms with Crippen LogP contribution in [0, 0.1) is 0 Å². The molecular formula is C50H57N3O15. The zero-order valence-electron chi connectivity index (χ0n) is 38.3. The van der Waals surface area contributed by atoms with Gasteiger partial charge in [0.25, 0.3) is 0 Å². The third-order valence-corrected chi connectivity index (χ3v) is 11.1. The topological polar surface area (TPSA) is 230 Å². The van der Waals surface area contributed by atoms with Gasteiger partial charge in [-0.1, -0.05) is 90.9 Å². The lowest BCUT2D eigenvalue weighted by Gasteiger charge is -2.46. The van der Waals surface area contributed by atoms with Crippen molar-refractivity contribution in [2.75, 3.05) is 13.7 Å². The molecule has 0 amide bonds. The molecule has 0 radical (unpaired) electrons. The molecule has 2 fully saturated rings. The number of esters is 3. The van der Waals surface area contributed by atoms with Gasteiger partial charge < -0.3 is 57.3 Å². The summed E-state index contributed by atoms with van der Waals surface area (Å²) < 4.78 is 61.9. The second-order valence-corrected chi connectivity index (χ2v) is 16.2. The van der Waals surface area contributed by atoms with Gasteiger partial charge in [-0.2, -0.15) is 0 Å². The van der Waals surface area contributed by atoms with Gasteiger partial charge in [0.1, 0.15) is 41.7 Å². The molecule has 0 spiro atoms. The number of carbonyl (C=O) groups excluding carboxylic acids is 4. The van der Waals surface area contributed by atoms with E-state index in [9.17, 15) is 24.3 Å². The van der Waals surface area contributed by atoms with Gasteiger partial charge in [0.05, 0.1) is 51.6 Å². The molecule has 4 aromatic rings. The summed E-state index contributed by atoms with van der Waals surface area (Å²) in [5.41, 5.74) is 11.1. The number of Topliss-reactive ketones (excluding diaryl/α,β-unsaturated/α-hetero) is 1. The number of hydrogen-bond acceptors (Lipinski definition) is 16. The van der Waals surface area contributed by atoms with Crippen LogP contribution in [0.2, 0.25) is 0 Å². The molecule has 6 rings (SSSR count). The minimum absolute atomic E-state index is 0.0345. The molecule has 0 aliphatic carbocycles. The molecule has 362 valence electrons. The van der Waals surface area contributed by atoms with Crippen molar-refractivity contribution in [3.63, 3.8) is 0 Å². The lowest BCUT2D eigenvalue weighted by Crippen LogP contribution is -2.64. The molecule has 68 heavy (non-hydrogen) atoms. The smallest absolute Gasteiger partial charge is 0.339 e. The largest absolute Gasteiger partial charge is 0.497 e. The average Bonchev–Trinajstić information content (AvgIpc) is 3.34. The monoisotopic (exact) mass is 939 g/mol. The Morgan fingerprint density at radius 1 is 0.676 bits per heavy atom. The van der Waals surface area contributed by atoms with Crippen molar-refractivity contribution in [3.05, 3.63) is 142 Å². The van der Waals surface area contributed by atoms with Gasteiger partial charge in [-0.15, -0.1) is 0 Å². The Hall–Kier alpha value is -6.37. The van der Waals surface area contributed by atoms with E-state index in [1.165, 1.54) is 20.1 Å². The van der Waals surface area contributed by atoms with E-state index >= 15 is 0 Å². The van der Waals surface area contributed by atoms with E-state index in [4.69, 9.17) is 52.9 Å². The van der Waals surface area contributed by atoms with Crippen LogP contribution < -0.4 is 9.47 Å². The maximum absolute atomic E-state index is 14.0. The molecule has 1 N–H and O–H groups in total. The number of nitrogens with zero attached hydrogens (tertiary/aromatic N) is 3. The van der Waals surface area contributed by atoms with Crippen molar-refractivity contribution in [2.24, 2.45) is 5.11 Å². The van der Waals surface area contributed by atoms with Crippen LogP contribution in [0.4, 0.5) is 0 Å². The van der Waals surface area contributed by atoms with E-state index in [1.54, 1.807) is 56.3 Å². The number of benzene rings is 4. The first-order chi connectivity index (χ1) is 33.0. The minimum Gasteiger partial charge on any atom is -0.497 e. The molecule has 2 heterocycles. The number of aliphatic hydroxyl groups is 1. The Labute approximate surface area is 394 Å². The van der Waals surface area contributed by atoms with Crippen LogP contribution in [-0.4, -0.2) is 104 Å². The number of carbonyl (C=O) groups is 4. The second kappa shape index (κ2) is 25.7. The SMILES string of the molecule is CCCC(=O)O[C@H]1[C@H](O)[C@@H](CO[C@@H]2O[C@H](C)[C@H](OCc3ccccc3)[C@H](OCc3ccccc3)[C@H]2OC(=O)CCC(C)=O)O[C@@H](Oc2ccc(OC)cc2)[C@@H]1OC(=O)c1ccccc1CN=[N+]=[N-]. The summed E-state index contributed by atoms with van der Waals surface area (Å²) in [6, 6.07) is 31.6. The predicted molar refractivity (Wildman–Crippen MR) is 242 cm³/mol. The summed E-state index contributed by atoms with van der Waals surface area (Å²) in [5.74, 6) is -1.79. The van der Waals surface area contributed by atoms with Crippen LogP contribution in [0.5, 0.6) is 11.5 Å². The van der Waals surface area contributed by atoms with E-state index in [0.717, 1.165) is 11.1 Å². The highest BCUT2D eigenvalue weighted by atomic mass is 16.8. The zero-order valence-corrected chi connectivity index (χ0v) is 38.3. The van der Waals surface area contributed by atoms with Crippen LogP contribution in [-0.2, 0) is 72.0 Å². The van der Waals surface area contributed by atoms with Crippen molar-refractivity contribution in [2.45, 2.75) is 128 Å². The Morgan fingerprint density at radius 3 is 1.90 bits per heavy atom. The third kappa shape index (κ3) is 14.3. The van der Waals surface area contributed by atoms with Crippen molar-refractivity contribution >= 4 is 23.7 Å². The summed E-state index contributed by atoms with van der Waals surface area (Å²) >= 11 is 0. The normalized spacial score (nSPS) is 24.4. The van der Waals surface area contributed by atoms with E-state index in [-0.39, 0.29) is 56.1 Å².